The summed E-state index contributed by atoms with van der Waals surface area (Å²) >= 11 is 0. The van der Waals surface area contributed by atoms with Crippen LogP contribution in [-0.2, 0) is 6.54 Å². The molecule has 0 aliphatic carbocycles. The minimum atomic E-state index is 0.0619. The van der Waals surface area contributed by atoms with E-state index in [1.807, 2.05) is 24.3 Å². The van der Waals surface area contributed by atoms with Crippen molar-refractivity contribution in [2.75, 3.05) is 0 Å². The highest BCUT2D eigenvalue weighted by Gasteiger charge is 2.13. The van der Waals surface area contributed by atoms with E-state index in [0.717, 1.165) is 23.4 Å². The number of hydrogen-bond acceptors (Lipinski definition) is 3. The molecule has 0 saturated carbocycles. The normalized spacial score (nSPS) is 11.5. The smallest absolute Gasteiger partial charge is 0.223 e. The van der Waals surface area contributed by atoms with Crippen LogP contribution in [0, 0.1) is 13.8 Å². The summed E-state index contributed by atoms with van der Waals surface area (Å²) < 4.78 is 6.04. The minimum Gasteiger partial charge on any atom is -0.438 e. The third kappa shape index (κ3) is 4.30. The zero-order valence-corrected chi connectivity index (χ0v) is 13.5. The molecular weight excluding hydrogens is 260 g/mol. The van der Waals surface area contributed by atoms with E-state index in [4.69, 9.17) is 4.74 Å². The van der Waals surface area contributed by atoms with Gasteiger partial charge in [0, 0.05) is 23.8 Å². The SMILES string of the molecule is Cc1cccc(Oc2ncccc2CNC(C)(C)C)c1C. The van der Waals surface area contributed by atoms with Crippen molar-refractivity contribution in [1.29, 1.82) is 0 Å². The largest absolute Gasteiger partial charge is 0.438 e. The molecule has 1 aromatic carbocycles. The van der Waals surface area contributed by atoms with Crippen molar-refractivity contribution < 1.29 is 4.74 Å². The number of aromatic nitrogens is 1. The molecule has 0 aliphatic rings. The van der Waals surface area contributed by atoms with Crippen molar-refractivity contribution in [3.8, 4) is 11.6 Å². The Balaban J connectivity index is 2.22. The van der Waals surface area contributed by atoms with Gasteiger partial charge in [0.2, 0.25) is 5.88 Å². The van der Waals surface area contributed by atoms with E-state index in [1.165, 1.54) is 5.56 Å². The lowest BCUT2D eigenvalue weighted by atomic mass is 10.1. The number of aryl methyl sites for hydroxylation is 1. The molecule has 1 N–H and O–H groups in total. The van der Waals surface area contributed by atoms with Crippen LogP contribution in [0.15, 0.2) is 36.5 Å². The summed E-state index contributed by atoms with van der Waals surface area (Å²) in [5.41, 5.74) is 3.50. The molecule has 3 nitrogen and oxygen atoms in total. The second-order valence-electron chi connectivity index (χ2n) is 6.37. The Morgan fingerprint density at radius 1 is 1.10 bits per heavy atom. The highest BCUT2D eigenvalue weighted by atomic mass is 16.5. The fourth-order valence-corrected chi connectivity index (χ4v) is 1.95. The van der Waals surface area contributed by atoms with Gasteiger partial charge in [-0.2, -0.15) is 0 Å². The van der Waals surface area contributed by atoms with Crippen LogP contribution in [0.1, 0.15) is 37.5 Å². The van der Waals surface area contributed by atoms with Crippen LogP contribution in [0.25, 0.3) is 0 Å². The average molecular weight is 284 g/mol. The van der Waals surface area contributed by atoms with Gasteiger partial charge in [-0.15, -0.1) is 0 Å². The minimum absolute atomic E-state index is 0.0619. The molecule has 21 heavy (non-hydrogen) atoms. The van der Waals surface area contributed by atoms with Gasteiger partial charge in [0.15, 0.2) is 0 Å². The molecule has 0 bridgehead atoms. The van der Waals surface area contributed by atoms with Crippen LogP contribution in [0.4, 0.5) is 0 Å². The van der Waals surface area contributed by atoms with Gasteiger partial charge in [0.05, 0.1) is 0 Å². The van der Waals surface area contributed by atoms with Crippen molar-refractivity contribution >= 4 is 0 Å². The summed E-state index contributed by atoms with van der Waals surface area (Å²) in [4.78, 5) is 4.38. The van der Waals surface area contributed by atoms with E-state index in [1.54, 1.807) is 6.20 Å². The Morgan fingerprint density at radius 3 is 2.57 bits per heavy atom. The summed E-state index contributed by atoms with van der Waals surface area (Å²) in [5, 5.41) is 3.47. The molecule has 1 aromatic heterocycles. The van der Waals surface area contributed by atoms with Gasteiger partial charge in [-0.25, -0.2) is 4.98 Å². The Bertz CT molecular complexity index is 615. The van der Waals surface area contributed by atoms with Gasteiger partial charge in [-0.05, 0) is 57.9 Å². The van der Waals surface area contributed by atoms with E-state index in [0.29, 0.717) is 5.88 Å². The van der Waals surface area contributed by atoms with Gasteiger partial charge in [0.25, 0.3) is 0 Å². The molecule has 112 valence electrons. The summed E-state index contributed by atoms with van der Waals surface area (Å²) in [6.45, 7) is 11.3. The van der Waals surface area contributed by atoms with Gasteiger partial charge in [-0.3, -0.25) is 0 Å². The molecule has 0 fully saturated rings. The van der Waals surface area contributed by atoms with Crippen LogP contribution in [-0.4, -0.2) is 10.5 Å². The molecule has 0 atom stereocenters. The van der Waals surface area contributed by atoms with Gasteiger partial charge >= 0.3 is 0 Å². The van der Waals surface area contributed by atoms with E-state index >= 15 is 0 Å². The first-order valence-corrected chi connectivity index (χ1v) is 7.30. The van der Waals surface area contributed by atoms with Crippen molar-refractivity contribution in [3.05, 3.63) is 53.2 Å². The molecule has 0 unspecified atom stereocenters. The number of pyridine rings is 1. The predicted octanol–water partition coefficient (Wildman–Crippen LogP) is 4.38. The number of hydrogen-bond donors (Lipinski definition) is 1. The number of ether oxygens (including phenoxy) is 1. The summed E-state index contributed by atoms with van der Waals surface area (Å²) in [6, 6.07) is 10.1. The number of rotatable bonds is 4. The standard InChI is InChI=1S/C18H24N2O/c1-13-8-6-10-16(14(13)2)21-17-15(9-7-11-19-17)12-20-18(3,4)5/h6-11,20H,12H2,1-5H3. The maximum atomic E-state index is 6.04. The molecule has 1 heterocycles. The highest BCUT2D eigenvalue weighted by molar-refractivity contribution is 5.41. The van der Waals surface area contributed by atoms with Crippen molar-refractivity contribution in [2.45, 2.75) is 46.7 Å². The van der Waals surface area contributed by atoms with E-state index in [9.17, 15) is 0 Å². The Labute approximate surface area is 127 Å². The summed E-state index contributed by atoms with van der Waals surface area (Å²) in [6.07, 6.45) is 1.76. The molecule has 0 amide bonds. The Morgan fingerprint density at radius 2 is 1.86 bits per heavy atom. The van der Waals surface area contributed by atoms with Crippen molar-refractivity contribution in [2.24, 2.45) is 0 Å². The predicted molar refractivity (Wildman–Crippen MR) is 86.8 cm³/mol. The second-order valence-corrected chi connectivity index (χ2v) is 6.37. The maximum Gasteiger partial charge on any atom is 0.223 e. The first kappa shape index (κ1) is 15.5. The molecule has 0 aliphatic heterocycles. The lowest BCUT2D eigenvalue weighted by molar-refractivity contribution is 0.408. The molecule has 0 spiro atoms. The van der Waals surface area contributed by atoms with E-state index in [2.05, 4.69) is 51.0 Å². The molecule has 3 heteroatoms. The molecule has 2 rings (SSSR count). The zero-order valence-electron chi connectivity index (χ0n) is 13.5. The van der Waals surface area contributed by atoms with Crippen LogP contribution in [0.3, 0.4) is 0 Å². The quantitative estimate of drug-likeness (QED) is 0.904. The molecule has 2 aromatic rings. The molecule has 0 radical (unpaired) electrons. The highest BCUT2D eigenvalue weighted by Crippen LogP contribution is 2.27. The zero-order chi connectivity index (χ0) is 15.5. The number of nitrogens with zero attached hydrogens (tertiary/aromatic N) is 1. The van der Waals surface area contributed by atoms with Gasteiger partial charge < -0.3 is 10.1 Å². The Kier molecular flexibility index (Phi) is 4.63. The van der Waals surface area contributed by atoms with Crippen molar-refractivity contribution in [3.63, 3.8) is 0 Å². The second kappa shape index (κ2) is 6.27. The van der Waals surface area contributed by atoms with E-state index < -0.39 is 0 Å². The third-order valence-electron chi connectivity index (χ3n) is 3.42. The molecule has 0 saturated heterocycles. The van der Waals surface area contributed by atoms with Crippen LogP contribution in [0.5, 0.6) is 11.6 Å². The topological polar surface area (TPSA) is 34.1 Å². The lowest BCUT2D eigenvalue weighted by Crippen LogP contribution is -2.35. The number of benzene rings is 1. The summed E-state index contributed by atoms with van der Waals surface area (Å²) in [7, 11) is 0. The first-order chi connectivity index (χ1) is 9.87. The lowest BCUT2D eigenvalue weighted by Gasteiger charge is -2.21. The number of nitrogens with one attached hydrogen (secondary N) is 1. The fourth-order valence-electron chi connectivity index (χ4n) is 1.95. The Hall–Kier alpha value is -1.87. The van der Waals surface area contributed by atoms with Crippen LogP contribution >= 0.6 is 0 Å². The van der Waals surface area contributed by atoms with Gasteiger partial charge in [-0.1, -0.05) is 18.2 Å². The maximum absolute atomic E-state index is 6.04. The third-order valence-corrected chi connectivity index (χ3v) is 3.42. The first-order valence-electron chi connectivity index (χ1n) is 7.30. The average Bonchev–Trinajstić information content (AvgIpc) is 2.42. The van der Waals surface area contributed by atoms with E-state index in [-0.39, 0.29) is 5.54 Å². The fraction of sp³-hybridized carbons (Fsp3) is 0.389. The summed E-state index contributed by atoms with van der Waals surface area (Å²) in [5.74, 6) is 1.54. The van der Waals surface area contributed by atoms with Crippen LogP contribution < -0.4 is 10.1 Å². The monoisotopic (exact) mass is 284 g/mol. The van der Waals surface area contributed by atoms with Crippen molar-refractivity contribution in [1.82, 2.24) is 10.3 Å². The molecular formula is C18H24N2O. The van der Waals surface area contributed by atoms with Crippen LogP contribution in [0.2, 0.25) is 0 Å². The van der Waals surface area contributed by atoms with Gasteiger partial charge in [0.1, 0.15) is 5.75 Å².